The summed E-state index contributed by atoms with van der Waals surface area (Å²) >= 11 is 0. The summed E-state index contributed by atoms with van der Waals surface area (Å²) in [7, 11) is -1.34. The van der Waals surface area contributed by atoms with Gasteiger partial charge >= 0.3 is 20.6 Å². The third-order valence-corrected chi connectivity index (χ3v) is 4.17. The zero-order valence-corrected chi connectivity index (χ0v) is 15.5. The van der Waals surface area contributed by atoms with Gasteiger partial charge in [-0.3, -0.25) is 9.80 Å². The largest absolute Gasteiger partial charge is 0.692 e. The standard InChI is InChI=1S/C13H22F6N2.HO3P/c1-10(2)7-20(5)9(6-12(14,15)16)11(3,4)21(10)8-13(17,18)19;1-4(2)3/h9H,6-8H2,1-5H3;(H-,1,2,3)/p+1. The molecule has 1 fully saturated rings. The van der Waals surface area contributed by atoms with E-state index in [1.807, 2.05) is 0 Å². The summed E-state index contributed by atoms with van der Waals surface area (Å²) < 4.78 is 85.4. The predicted octanol–water partition coefficient (Wildman–Crippen LogP) is 3.30. The van der Waals surface area contributed by atoms with Crippen molar-refractivity contribution in [1.82, 2.24) is 9.80 Å². The lowest BCUT2D eigenvalue weighted by molar-refractivity contribution is -0.213. The lowest BCUT2D eigenvalue weighted by Crippen LogP contribution is -2.73. The Labute approximate surface area is 143 Å². The Balaban J connectivity index is 0.00000129. The highest BCUT2D eigenvalue weighted by atomic mass is 31.1. The van der Waals surface area contributed by atoms with Gasteiger partial charge in [0.25, 0.3) is 0 Å². The van der Waals surface area contributed by atoms with E-state index in [9.17, 15) is 26.3 Å². The van der Waals surface area contributed by atoms with Crippen molar-refractivity contribution in [1.29, 1.82) is 0 Å². The molecule has 0 aliphatic carbocycles. The first kappa shape index (κ1) is 24.5. The molecule has 0 bridgehead atoms. The second-order valence-electron chi connectivity index (χ2n) is 7.17. The molecule has 12 heteroatoms. The number of hydrogen-bond acceptors (Lipinski definition) is 3. The van der Waals surface area contributed by atoms with Crippen molar-refractivity contribution in [3.05, 3.63) is 0 Å². The molecule has 1 aliphatic rings. The van der Waals surface area contributed by atoms with E-state index in [1.165, 1.54) is 25.8 Å². The smallest absolute Gasteiger partial charge is 0.299 e. The molecule has 1 aliphatic heterocycles. The van der Waals surface area contributed by atoms with E-state index in [2.05, 4.69) is 0 Å². The normalized spacial score (nSPS) is 24.4. The molecule has 0 radical (unpaired) electrons. The van der Waals surface area contributed by atoms with Crippen molar-refractivity contribution in [2.75, 3.05) is 20.1 Å². The first-order valence-corrected chi connectivity index (χ1v) is 8.42. The van der Waals surface area contributed by atoms with Gasteiger partial charge in [-0.1, -0.05) is 0 Å². The lowest BCUT2D eigenvalue weighted by Gasteiger charge is -2.60. The molecule has 0 aromatic carbocycles. The maximum atomic E-state index is 12.8. The molecule has 1 atom stereocenters. The van der Waals surface area contributed by atoms with Crippen molar-refractivity contribution >= 4 is 8.25 Å². The molecule has 1 unspecified atom stereocenters. The van der Waals surface area contributed by atoms with E-state index in [-0.39, 0.29) is 6.54 Å². The van der Waals surface area contributed by atoms with Gasteiger partial charge in [0.1, 0.15) is 0 Å². The summed E-state index contributed by atoms with van der Waals surface area (Å²) in [6, 6.07) is -1.02. The minimum atomic E-state index is -4.45. The fourth-order valence-electron chi connectivity index (χ4n) is 3.53. The number of hydrogen-bond donors (Lipinski definition) is 2. The summed E-state index contributed by atoms with van der Waals surface area (Å²) in [4.78, 5) is 16.9. The van der Waals surface area contributed by atoms with Gasteiger partial charge in [-0.25, -0.2) is 0 Å². The Kier molecular flexibility index (Phi) is 7.88. The first-order valence-electron chi connectivity index (χ1n) is 7.26. The molecule has 25 heavy (non-hydrogen) atoms. The summed E-state index contributed by atoms with van der Waals surface area (Å²) in [5.41, 5.74) is -2.11. The molecule has 0 saturated carbocycles. The van der Waals surface area contributed by atoms with Crippen molar-refractivity contribution < 1.29 is 40.7 Å². The Morgan fingerprint density at radius 3 is 1.76 bits per heavy atom. The van der Waals surface area contributed by atoms with Crippen LogP contribution in [0.3, 0.4) is 0 Å². The van der Waals surface area contributed by atoms with Crippen LogP contribution in [-0.4, -0.2) is 69.2 Å². The number of likely N-dealkylation sites (N-methyl/N-ethyl adjacent to an activating group) is 1. The molecule has 0 amide bonds. The average Bonchev–Trinajstić information content (AvgIpc) is 2.27. The summed E-state index contributed by atoms with van der Waals surface area (Å²) in [6.07, 6.45) is -9.99. The van der Waals surface area contributed by atoms with Gasteiger partial charge in [0.15, 0.2) is 0 Å². The van der Waals surface area contributed by atoms with Crippen LogP contribution in [0.4, 0.5) is 26.3 Å². The van der Waals surface area contributed by atoms with Crippen LogP contribution in [0.15, 0.2) is 0 Å². The summed E-state index contributed by atoms with van der Waals surface area (Å²) in [6.45, 7) is 5.09. The Morgan fingerprint density at radius 2 is 1.44 bits per heavy atom. The maximum Gasteiger partial charge on any atom is 0.692 e. The Morgan fingerprint density at radius 1 is 1.04 bits per heavy atom. The number of rotatable bonds is 2. The third kappa shape index (κ3) is 8.17. The molecule has 5 nitrogen and oxygen atoms in total. The average molecular weight is 401 g/mol. The molecule has 1 rings (SSSR count). The van der Waals surface area contributed by atoms with E-state index in [1.54, 1.807) is 13.8 Å². The molecular weight excluding hydrogens is 377 g/mol. The van der Waals surface area contributed by atoms with E-state index in [0.29, 0.717) is 0 Å². The van der Waals surface area contributed by atoms with Crippen LogP contribution >= 0.6 is 8.25 Å². The molecule has 1 saturated heterocycles. The van der Waals surface area contributed by atoms with E-state index < -0.39 is 50.7 Å². The molecule has 150 valence electrons. The molecule has 0 aromatic rings. The fourth-order valence-corrected chi connectivity index (χ4v) is 3.53. The topological polar surface area (TPSA) is 64.0 Å². The quantitative estimate of drug-likeness (QED) is 0.549. The van der Waals surface area contributed by atoms with Crippen molar-refractivity contribution in [2.24, 2.45) is 0 Å². The number of piperazine rings is 1. The maximum absolute atomic E-state index is 12.8. The van der Waals surface area contributed by atoms with Gasteiger partial charge in [-0.2, -0.15) is 26.3 Å². The fraction of sp³-hybridized carbons (Fsp3) is 1.00. The summed E-state index contributed by atoms with van der Waals surface area (Å²) in [5.74, 6) is 0. The van der Waals surface area contributed by atoms with Crippen molar-refractivity contribution in [3.8, 4) is 0 Å². The van der Waals surface area contributed by atoms with Gasteiger partial charge in [0.2, 0.25) is 0 Å². The lowest BCUT2D eigenvalue weighted by atomic mass is 9.80. The van der Waals surface area contributed by atoms with Crippen LogP contribution in [-0.2, 0) is 4.57 Å². The van der Waals surface area contributed by atoms with Gasteiger partial charge in [0, 0.05) is 28.2 Å². The number of alkyl halides is 6. The van der Waals surface area contributed by atoms with Crippen molar-refractivity contribution in [2.45, 2.75) is 63.6 Å². The van der Waals surface area contributed by atoms with Crippen LogP contribution in [0, 0.1) is 0 Å². The van der Waals surface area contributed by atoms with Gasteiger partial charge in [0.05, 0.1) is 13.0 Å². The minimum absolute atomic E-state index is 0.146. The van der Waals surface area contributed by atoms with Crippen LogP contribution in [0.25, 0.3) is 0 Å². The van der Waals surface area contributed by atoms with E-state index in [4.69, 9.17) is 14.4 Å². The first-order chi connectivity index (χ1) is 10.8. The number of nitrogens with zero attached hydrogens (tertiary/aromatic N) is 2. The van der Waals surface area contributed by atoms with Gasteiger partial charge < -0.3 is 0 Å². The van der Waals surface area contributed by atoms with E-state index in [0.717, 1.165) is 4.90 Å². The minimum Gasteiger partial charge on any atom is -0.299 e. The van der Waals surface area contributed by atoms with Crippen LogP contribution in [0.2, 0.25) is 0 Å². The second-order valence-corrected chi connectivity index (χ2v) is 7.68. The van der Waals surface area contributed by atoms with E-state index >= 15 is 0 Å². The van der Waals surface area contributed by atoms with Crippen LogP contribution in [0.5, 0.6) is 0 Å². The van der Waals surface area contributed by atoms with Gasteiger partial charge in [-0.15, -0.1) is 9.79 Å². The Bertz CT molecular complexity index is 464. The van der Waals surface area contributed by atoms with Crippen LogP contribution < -0.4 is 0 Å². The highest BCUT2D eigenvalue weighted by Gasteiger charge is 2.54. The van der Waals surface area contributed by atoms with Gasteiger partial charge in [-0.05, 0) is 34.7 Å². The van der Waals surface area contributed by atoms with Crippen LogP contribution in [0.1, 0.15) is 34.1 Å². The van der Waals surface area contributed by atoms with Crippen molar-refractivity contribution in [3.63, 3.8) is 0 Å². The molecule has 0 spiro atoms. The molecular formula is C13H24F6N2O3P+. The summed E-state index contributed by atoms with van der Waals surface area (Å²) in [5, 5.41) is 0. The third-order valence-electron chi connectivity index (χ3n) is 4.17. The molecule has 1 heterocycles. The second kappa shape index (κ2) is 8.04. The zero-order valence-electron chi connectivity index (χ0n) is 14.6. The highest BCUT2D eigenvalue weighted by molar-refractivity contribution is 7.30. The Hall–Kier alpha value is -0.480. The zero-order chi connectivity index (χ0) is 20.4. The molecule has 2 N–H and O–H groups in total. The SMILES string of the molecule is CN1CC(C)(C)N(CC(F)(F)F)C(C)(C)C1CC(F)(F)F.O=[P+](O)O. The monoisotopic (exact) mass is 401 g/mol. The molecule has 0 aromatic heterocycles. The highest BCUT2D eigenvalue weighted by Crippen LogP contribution is 2.41. The predicted molar refractivity (Wildman–Crippen MR) is 80.1 cm³/mol. The number of halogens is 6.